The molecule has 1 aromatic carbocycles. The van der Waals surface area contributed by atoms with Gasteiger partial charge in [0.1, 0.15) is 16.4 Å². The molecule has 0 spiro atoms. The average Bonchev–Trinajstić information content (AvgIpc) is 3.27. The Hall–Kier alpha value is -3.53. The summed E-state index contributed by atoms with van der Waals surface area (Å²) >= 11 is 0.991. The summed E-state index contributed by atoms with van der Waals surface area (Å²) < 4.78 is 7.03. The maximum atomic E-state index is 12.8. The zero-order chi connectivity index (χ0) is 22.5. The fraction of sp³-hybridized carbons (Fsp3) is 0.238. The van der Waals surface area contributed by atoms with E-state index in [1.165, 1.54) is 20.4 Å². The van der Waals surface area contributed by atoms with Gasteiger partial charge >= 0.3 is 5.69 Å². The number of amides is 1. The number of aromatic hydroxyl groups is 1. The molecule has 31 heavy (non-hydrogen) atoms. The van der Waals surface area contributed by atoms with E-state index in [1.54, 1.807) is 24.3 Å². The highest BCUT2D eigenvalue weighted by atomic mass is 32.2. The van der Waals surface area contributed by atoms with Crippen molar-refractivity contribution in [2.24, 2.45) is 19.1 Å². The molecule has 10 heteroatoms. The van der Waals surface area contributed by atoms with E-state index in [4.69, 9.17) is 4.42 Å². The number of nitrogens with zero attached hydrogens (tertiary/aromatic N) is 3. The van der Waals surface area contributed by atoms with E-state index in [1.807, 2.05) is 19.1 Å². The summed E-state index contributed by atoms with van der Waals surface area (Å²) in [7, 11) is 2.67. The average molecular weight is 442 g/mol. The van der Waals surface area contributed by atoms with Crippen LogP contribution in [0.3, 0.4) is 0 Å². The second kappa shape index (κ2) is 9.52. The van der Waals surface area contributed by atoms with Gasteiger partial charge in [-0.05, 0) is 36.8 Å². The van der Waals surface area contributed by atoms with Crippen molar-refractivity contribution in [1.82, 2.24) is 14.5 Å². The largest absolute Gasteiger partial charge is 0.494 e. The van der Waals surface area contributed by atoms with Crippen LogP contribution in [-0.4, -0.2) is 30.9 Å². The van der Waals surface area contributed by atoms with Gasteiger partial charge in [-0.25, -0.2) is 9.79 Å². The molecule has 0 unspecified atom stereocenters. The van der Waals surface area contributed by atoms with E-state index in [0.717, 1.165) is 26.5 Å². The zero-order valence-corrected chi connectivity index (χ0v) is 18.1. The highest BCUT2D eigenvalue weighted by Gasteiger charge is 2.21. The summed E-state index contributed by atoms with van der Waals surface area (Å²) in [5.41, 5.74) is 0.000890. The van der Waals surface area contributed by atoms with Crippen molar-refractivity contribution in [3.8, 4) is 5.88 Å². The number of thioether (sulfide) groups is 1. The van der Waals surface area contributed by atoms with E-state index in [-0.39, 0.29) is 28.8 Å². The lowest BCUT2D eigenvalue weighted by atomic mass is 10.2. The number of rotatable bonds is 6. The molecule has 0 aliphatic carbocycles. The van der Waals surface area contributed by atoms with Crippen molar-refractivity contribution in [3.05, 3.63) is 80.4 Å². The number of benzene rings is 1. The lowest BCUT2D eigenvalue weighted by molar-refractivity contribution is -0.118. The highest BCUT2D eigenvalue weighted by molar-refractivity contribution is 8.15. The van der Waals surface area contributed by atoms with Crippen LogP contribution in [0.5, 0.6) is 5.88 Å². The summed E-state index contributed by atoms with van der Waals surface area (Å²) in [6, 6.07) is 10.7. The van der Waals surface area contributed by atoms with Crippen molar-refractivity contribution in [2.75, 3.05) is 5.75 Å². The lowest BCUT2D eigenvalue weighted by Gasteiger charge is -2.12. The number of carbonyl (C=O) groups excluding carboxylic acids is 1. The molecule has 2 N–H and O–H groups in total. The van der Waals surface area contributed by atoms with Gasteiger partial charge in [-0.15, -0.1) is 0 Å². The van der Waals surface area contributed by atoms with Crippen molar-refractivity contribution in [1.29, 1.82) is 0 Å². The third kappa shape index (κ3) is 5.15. The number of aliphatic imine (C=N–C) groups is 1. The first-order chi connectivity index (χ1) is 14.8. The van der Waals surface area contributed by atoms with Gasteiger partial charge < -0.3 is 14.8 Å². The van der Waals surface area contributed by atoms with Gasteiger partial charge in [0, 0.05) is 14.1 Å². The van der Waals surface area contributed by atoms with Crippen LogP contribution in [0.2, 0.25) is 0 Å². The molecule has 2 aromatic heterocycles. The Kier molecular flexibility index (Phi) is 6.81. The van der Waals surface area contributed by atoms with E-state index in [0.29, 0.717) is 11.4 Å². The molecule has 1 amide bonds. The van der Waals surface area contributed by atoms with Gasteiger partial charge in [-0.2, -0.15) is 0 Å². The first-order valence-electron chi connectivity index (χ1n) is 9.34. The van der Waals surface area contributed by atoms with Crippen LogP contribution in [-0.2, 0) is 25.4 Å². The van der Waals surface area contributed by atoms with Crippen LogP contribution < -0.4 is 16.6 Å². The van der Waals surface area contributed by atoms with Crippen LogP contribution in [0, 0.1) is 6.92 Å². The van der Waals surface area contributed by atoms with Gasteiger partial charge in [0.05, 0.1) is 24.2 Å². The zero-order valence-electron chi connectivity index (χ0n) is 17.3. The third-order valence-corrected chi connectivity index (χ3v) is 5.44. The minimum absolute atomic E-state index is 0.0587. The summed E-state index contributed by atoms with van der Waals surface area (Å²) in [5, 5.41) is 13.4. The number of nitrogens with one attached hydrogen (secondary N) is 1. The fourth-order valence-electron chi connectivity index (χ4n) is 2.78. The molecule has 0 saturated heterocycles. The molecule has 0 radical (unpaired) electrons. The Bertz CT molecular complexity index is 1240. The lowest BCUT2D eigenvalue weighted by Crippen LogP contribution is -2.39. The summed E-state index contributed by atoms with van der Waals surface area (Å²) in [6.45, 7) is 2.13. The Morgan fingerprint density at radius 1 is 1.19 bits per heavy atom. The maximum Gasteiger partial charge on any atom is 0.333 e. The Balaban J connectivity index is 1.94. The molecular formula is C21H22N4O5S. The first kappa shape index (κ1) is 22.2. The van der Waals surface area contributed by atoms with E-state index in [9.17, 15) is 19.5 Å². The van der Waals surface area contributed by atoms with Gasteiger partial charge in [0.2, 0.25) is 11.8 Å². The number of carbonyl (C=O) groups is 1. The van der Waals surface area contributed by atoms with Crippen LogP contribution in [0.25, 0.3) is 0 Å². The van der Waals surface area contributed by atoms with Gasteiger partial charge in [-0.3, -0.25) is 18.7 Å². The molecule has 0 aliphatic heterocycles. The molecule has 162 valence electrons. The monoisotopic (exact) mass is 442 g/mol. The second-order valence-electron chi connectivity index (χ2n) is 6.81. The van der Waals surface area contributed by atoms with Gasteiger partial charge in [0.15, 0.2) is 0 Å². The molecule has 0 saturated carbocycles. The molecule has 0 aliphatic rings. The SMILES string of the molecule is Cc1cccc(N=C(SCC(=O)NCc2ccco2)c2c(O)n(C)c(=O)n(C)c2=O)c1. The Labute approximate surface area is 182 Å². The fourth-order valence-corrected chi connectivity index (χ4v) is 3.64. The summed E-state index contributed by atoms with van der Waals surface area (Å²) in [6.07, 6.45) is 1.51. The molecule has 3 aromatic rings. The van der Waals surface area contributed by atoms with E-state index in [2.05, 4.69) is 10.3 Å². The van der Waals surface area contributed by atoms with Crippen molar-refractivity contribution in [3.63, 3.8) is 0 Å². The van der Waals surface area contributed by atoms with E-state index >= 15 is 0 Å². The summed E-state index contributed by atoms with van der Waals surface area (Å²) in [4.78, 5) is 41.7. The standard InChI is InChI=1S/C21H22N4O5S/c1-13-6-4-7-14(10-13)23-18(17-19(27)24(2)21(29)25(3)20(17)28)31-12-16(26)22-11-15-8-5-9-30-15/h4-10,27H,11-12H2,1-3H3,(H,22,26). The van der Waals surface area contributed by atoms with Crippen molar-refractivity contribution in [2.45, 2.75) is 13.5 Å². The number of furan rings is 1. The maximum absolute atomic E-state index is 12.8. The molecule has 0 atom stereocenters. The second-order valence-corrected chi connectivity index (χ2v) is 7.77. The molecule has 2 heterocycles. The highest BCUT2D eigenvalue weighted by Crippen LogP contribution is 2.23. The number of aromatic nitrogens is 2. The predicted octanol–water partition coefficient (Wildman–Crippen LogP) is 1.82. The summed E-state index contributed by atoms with van der Waals surface area (Å²) in [5.74, 6) is -0.268. The van der Waals surface area contributed by atoms with Crippen LogP contribution in [0.4, 0.5) is 5.69 Å². The van der Waals surface area contributed by atoms with Crippen LogP contribution in [0.15, 0.2) is 61.7 Å². The minimum atomic E-state index is -0.699. The molecule has 0 fully saturated rings. The van der Waals surface area contributed by atoms with Gasteiger partial charge in [0.25, 0.3) is 5.56 Å². The smallest absolute Gasteiger partial charge is 0.333 e. The predicted molar refractivity (Wildman–Crippen MR) is 119 cm³/mol. The van der Waals surface area contributed by atoms with Gasteiger partial charge in [-0.1, -0.05) is 23.9 Å². The minimum Gasteiger partial charge on any atom is -0.494 e. The number of aryl methyl sites for hydroxylation is 1. The normalized spacial score (nSPS) is 11.5. The molecule has 0 bridgehead atoms. The third-order valence-electron chi connectivity index (χ3n) is 4.46. The van der Waals surface area contributed by atoms with Crippen molar-refractivity contribution >= 4 is 28.4 Å². The van der Waals surface area contributed by atoms with E-state index < -0.39 is 17.1 Å². The number of hydrogen-bond donors (Lipinski definition) is 2. The van der Waals surface area contributed by atoms with Crippen LogP contribution >= 0.6 is 11.8 Å². The van der Waals surface area contributed by atoms with Crippen LogP contribution in [0.1, 0.15) is 16.9 Å². The first-order valence-corrected chi connectivity index (χ1v) is 10.3. The quantitative estimate of drug-likeness (QED) is 0.444. The molecule has 9 nitrogen and oxygen atoms in total. The Morgan fingerprint density at radius 2 is 1.97 bits per heavy atom. The van der Waals surface area contributed by atoms with Crippen molar-refractivity contribution < 1.29 is 14.3 Å². The molecular weight excluding hydrogens is 420 g/mol. The number of hydrogen-bond acceptors (Lipinski definition) is 7. The Morgan fingerprint density at radius 3 is 2.65 bits per heavy atom. The topological polar surface area (TPSA) is 119 Å². The molecule has 3 rings (SSSR count).